The Labute approximate surface area is 177 Å². The molecule has 2 aromatic rings. The first-order valence-corrected chi connectivity index (χ1v) is 9.77. The standard InChI is InChI=1S/C24H28FNO4/c1-5-22(29-16-19-11-13-20(25)14-12-19)21(15-18-9-7-6-8-10-18)26(17-27)23(28)30-24(2,3)4/h5-14,17,21H,15-16H2,1-4H3/b22-5+. The lowest BCUT2D eigenvalue weighted by atomic mass is 10.0. The molecule has 0 N–H and O–H groups in total. The molecule has 0 spiro atoms. The largest absolute Gasteiger partial charge is 0.491 e. The average Bonchev–Trinajstić information content (AvgIpc) is 2.69. The monoisotopic (exact) mass is 413 g/mol. The molecule has 0 saturated heterocycles. The van der Waals surface area contributed by atoms with E-state index in [0.717, 1.165) is 16.0 Å². The Morgan fingerprint density at radius 3 is 2.23 bits per heavy atom. The Hall–Kier alpha value is -3.15. The smallest absolute Gasteiger partial charge is 0.417 e. The molecular weight excluding hydrogens is 385 g/mol. The summed E-state index contributed by atoms with van der Waals surface area (Å²) in [4.78, 5) is 25.6. The highest BCUT2D eigenvalue weighted by Crippen LogP contribution is 2.21. The van der Waals surface area contributed by atoms with Gasteiger partial charge in [0.1, 0.15) is 29.8 Å². The van der Waals surface area contributed by atoms with Gasteiger partial charge in [-0.05, 0) is 57.0 Å². The van der Waals surface area contributed by atoms with Gasteiger partial charge in [0.15, 0.2) is 0 Å². The number of amides is 2. The molecule has 160 valence electrons. The van der Waals surface area contributed by atoms with E-state index >= 15 is 0 Å². The zero-order chi connectivity index (χ0) is 22.1. The van der Waals surface area contributed by atoms with Crippen molar-refractivity contribution < 1.29 is 23.5 Å². The number of ether oxygens (including phenoxy) is 2. The molecule has 1 atom stereocenters. The molecule has 0 aliphatic carbocycles. The van der Waals surface area contributed by atoms with Crippen LogP contribution in [0.5, 0.6) is 0 Å². The summed E-state index contributed by atoms with van der Waals surface area (Å²) in [7, 11) is 0. The zero-order valence-corrected chi connectivity index (χ0v) is 17.8. The Kier molecular flexibility index (Phi) is 8.16. The maximum absolute atomic E-state index is 13.1. The van der Waals surface area contributed by atoms with Gasteiger partial charge in [-0.2, -0.15) is 0 Å². The van der Waals surface area contributed by atoms with Crippen molar-refractivity contribution >= 4 is 12.5 Å². The van der Waals surface area contributed by atoms with E-state index in [1.54, 1.807) is 45.9 Å². The zero-order valence-electron chi connectivity index (χ0n) is 17.8. The first kappa shape index (κ1) is 23.1. The molecule has 0 aromatic heterocycles. The van der Waals surface area contributed by atoms with Crippen molar-refractivity contribution in [3.63, 3.8) is 0 Å². The normalized spacial score (nSPS) is 12.8. The molecule has 30 heavy (non-hydrogen) atoms. The minimum absolute atomic E-state index is 0.173. The number of carbonyl (C=O) groups is 2. The van der Waals surface area contributed by atoms with Gasteiger partial charge in [-0.3, -0.25) is 4.79 Å². The SMILES string of the molecule is C/C=C(/OCc1ccc(F)cc1)C(Cc1ccccc1)N(C=O)C(=O)OC(C)(C)C. The first-order chi connectivity index (χ1) is 14.2. The lowest BCUT2D eigenvalue weighted by Crippen LogP contribution is -2.45. The van der Waals surface area contributed by atoms with Crippen LogP contribution in [-0.4, -0.2) is 29.0 Å². The molecule has 6 heteroatoms. The van der Waals surface area contributed by atoms with E-state index in [9.17, 15) is 14.0 Å². The first-order valence-electron chi connectivity index (χ1n) is 9.77. The highest BCUT2D eigenvalue weighted by atomic mass is 19.1. The van der Waals surface area contributed by atoms with Crippen LogP contribution in [0.25, 0.3) is 0 Å². The Morgan fingerprint density at radius 2 is 1.70 bits per heavy atom. The fourth-order valence-electron chi connectivity index (χ4n) is 2.85. The molecule has 0 saturated carbocycles. The summed E-state index contributed by atoms with van der Waals surface area (Å²) in [5, 5.41) is 0. The highest BCUT2D eigenvalue weighted by Gasteiger charge is 2.31. The molecule has 0 heterocycles. The topological polar surface area (TPSA) is 55.8 Å². The number of halogens is 1. The summed E-state index contributed by atoms with van der Waals surface area (Å²) in [6, 6.07) is 14.8. The van der Waals surface area contributed by atoms with Gasteiger partial charge in [0, 0.05) is 6.42 Å². The second-order valence-corrected chi connectivity index (χ2v) is 7.80. The van der Waals surface area contributed by atoms with Crippen LogP contribution in [-0.2, 0) is 27.3 Å². The van der Waals surface area contributed by atoms with Crippen molar-refractivity contribution in [3.8, 4) is 0 Å². The second-order valence-electron chi connectivity index (χ2n) is 7.80. The molecule has 2 amide bonds. The molecule has 2 rings (SSSR count). The molecule has 0 bridgehead atoms. The Bertz CT molecular complexity index is 857. The van der Waals surface area contributed by atoms with Crippen molar-refractivity contribution in [2.45, 2.75) is 52.4 Å². The van der Waals surface area contributed by atoms with Crippen LogP contribution >= 0.6 is 0 Å². The van der Waals surface area contributed by atoms with Crippen LogP contribution in [0, 0.1) is 5.82 Å². The van der Waals surface area contributed by atoms with Crippen molar-refractivity contribution in [2.24, 2.45) is 0 Å². The van der Waals surface area contributed by atoms with E-state index < -0.39 is 17.7 Å². The molecule has 5 nitrogen and oxygen atoms in total. The fourth-order valence-corrected chi connectivity index (χ4v) is 2.85. The number of imide groups is 1. The minimum atomic E-state index is -0.749. The summed E-state index contributed by atoms with van der Waals surface area (Å²) in [6.07, 6.45) is 1.80. The van der Waals surface area contributed by atoms with Gasteiger partial charge >= 0.3 is 6.09 Å². The van der Waals surface area contributed by atoms with Gasteiger partial charge < -0.3 is 9.47 Å². The number of benzene rings is 2. The number of carbonyl (C=O) groups excluding carboxylic acids is 2. The molecule has 1 unspecified atom stereocenters. The number of hydrogen-bond donors (Lipinski definition) is 0. The van der Waals surface area contributed by atoms with Crippen LogP contribution in [0.3, 0.4) is 0 Å². The summed E-state index contributed by atoms with van der Waals surface area (Å²) >= 11 is 0. The van der Waals surface area contributed by atoms with Crippen LogP contribution in [0.1, 0.15) is 38.8 Å². The lowest BCUT2D eigenvalue weighted by Gasteiger charge is -2.31. The maximum atomic E-state index is 13.1. The number of nitrogens with zero attached hydrogens (tertiary/aromatic N) is 1. The van der Waals surface area contributed by atoms with Crippen LogP contribution in [0.2, 0.25) is 0 Å². The molecule has 0 aliphatic heterocycles. The van der Waals surface area contributed by atoms with E-state index in [4.69, 9.17) is 9.47 Å². The summed E-state index contributed by atoms with van der Waals surface area (Å²) < 4.78 is 24.5. The van der Waals surface area contributed by atoms with Crippen LogP contribution in [0.4, 0.5) is 9.18 Å². The predicted octanol–water partition coefficient (Wildman–Crippen LogP) is 5.25. The third-order valence-electron chi connectivity index (χ3n) is 4.26. The van der Waals surface area contributed by atoms with Gasteiger partial charge in [-0.1, -0.05) is 42.5 Å². The van der Waals surface area contributed by atoms with E-state index in [2.05, 4.69) is 0 Å². The van der Waals surface area contributed by atoms with Crippen LogP contribution in [0.15, 0.2) is 66.4 Å². The minimum Gasteiger partial charge on any atom is -0.491 e. The molecule has 2 aromatic carbocycles. The van der Waals surface area contributed by atoms with Gasteiger partial charge in [-0.15, -0.1) is 0 Å². The number of allylic oxidation sites excluding steroid dienone is 1. The van der Waals surface area contributed by atoms with Crippen molar-refractivity contribution in [3.05, 3.63) is 83.4 Å². The molecule has 0 fully saturated rings. The van der Waals surface area contributed by atoms with Crippen LogP contribution < -0.4 is 0 Å². The summed E-state index contributed by atoms with van der Waals surface area (Å²) in [6.45, 7) is 7.16. The van der Waals surface area contributed by atoms with Gasteiger partial charge in [0.05, 0.1) is 0 Å². The van der Waals surface area contributed by atoms with Crippen molar-refractivity contribution in [1.82, 2.24) is 4.90 Å². The van der Waals surface area contributed by atoms with E-state index in [0.29, 0.717) is 18.6 Å². The molecule has 0 aliphatic rings. The quantitative estimate of drug-likeness (QED) is 0.438. The second kappa shape index (κ2) is 10.6. The van der Waals surface area contributed by atoms with E-state index in [-0.39, 0.29) is 12.4 Å². The average molecular weight is 413 g/mol. The fraction of sp³-hybridized carbons (Fsp3) is 0.333. The number of rotatable bonds is 8. The summed E-state index contributed by atoms with van der Waals surface area (Å²) in [5.41, 5.74) is 0.951. The number of hydrogen-bond acceptors (Lipinski definition) is 4. The third kappa shape index (κ3) is 7.03. The van der Waals surface area contributed by atoms with Crippen molar-refractivity contribution in [1.29, 1.82) is 0 Å². The van der Waals surface area contributed by atoms with E-state index in [1.807, 2.05) is 30.3 Å². The third-order valence-corrected chi connectivity index (χ3v) is 4.26. The van der Waals surface area contributed by atoms with E-state index in [1.165, 1.54) is 12.1 Å². The molecule has 0 radical (unpaired) electrons. The van der Waals surface area contributed by atoms with Gasteiger partial charge in [0.25, 0.3) is 0 Å². The lowest BCUT2D eigenvalue weighted by molar-refractivity contribution is -0.119. The highest BCUT2D eigenvalue weighted by molar-refractivity contribution is 5.81. The Balaban J connectivity index is 2.28. The predicted molar refractivity (Wildman–Crippen MR) is 113 cm³/mol. The van der Waals surface area contributed by atoms with Gasteiger partial charge in [-0.25, -0.2) is 14.1 Å². The van der Waals surface area contributed by atoms with Crippen molar-refractivity contribution in [2.75, 3.05) is 0 Å². The van der Waals surface area contributed by atoms with Gasteiger partial charge in [0.2, 0.25) is 6.41 Å². The maximum Gasteiger partial charge on any atom is 0.417 e. The summed E-state index contributed by atoms with van der Waals surface area (Å²) in [5.74, 6) is 0.116. The Morgan fingerprint density at radius 1 is 1.07 bits per heavy atom. The molecular formula is C24H28FNO4.